The fourth-order valence-electron chi connectivity index (χ4n) is 1.86. The second-order valence-electron chi connectivity index (χ2n) is 4.04. The molecular formula is C13H16ClN3. The third-order valence-electron chi connectivity index (χ3n) is 2.76. The molecule has 0 aliphatic rings. The molecule has 2 N–H and O–H groups in total. The summed E-state index contributed by atoms with van der Waals surface area (Å²) in [6.45, 7) is 3.08. The molecule has 0 fully saturated rings. The van der Waals surface area contributed by atoms with Crippen molar-refractivity contribution in [2.24, 2.45) is 5.73 Å². The number of aromatic nitrogens is 2. The van der Waals surface area contributed by atoms with E-state index in [1.54, 1.807) is 0 Å². The number of nitrogens with two attached hydrogens (primary N) is 1. The number of imidazole rings is 1. The molecule has 0 saturated carbocycles. The highest BCUT2D eigenvalue weighted by Gasteiger charge is 2.13. The zero-order valence-electron chi connectivity index (χ0n) is 9.81. The van der Waals surface area contributed by atoms with E-state index in [0.717, 1.165) is 29.2 Å². The van der Waals surface area contributed by atoms with Gasteiger partial charge in [-0.15, -0.1) is 0 Å². The molecule has 1 atom stereocenters. The van der Waals surface area contributed by atoms with Gasteiger partial charge in [0.25, 0.3) is 0 Å². The van der Waals surface area contributed by atoms with Crippen LogP contribution in [-0.4, -0.2) is 9.55 Å². The van der Waals surface area contributed by atoms with Gasteiger partial charge in [-0.1, -0.05) is 30.7 Å². The lowest BCUT2D eigenvalue weighted by molar-refractivity contribution is 0.625. The average Bonchev–Trinajstić information content (AvgIpc) is 2.78. The molecule has 0 aliphatic heterocycles. The van der Waals surface area contributed by atoms with E-state index in [1.165, 1.54) is 0 Å². The van der Waals surface area contributed by atoms with Gasteiger partial charge in [0.1, 0.15) is 0 Å². The Bertz CT molecular complexity index is 476. The van der Waals surface area contributed by atoms with Crippen molar-refractivity contribution in [1.82, 2.24) is 9.55 Å². The van der Waals surface area contributed by atoms with E-state index < -0.39 is 0 Å². The Morgan fingerprint density at radius 3 is 2.71 bits per heavy atom. The second kappa shape index (κ2) is 5.34. The summed E-state index contributed by atoms with van der Waals surface area (Å²) in [5.74, 6) is 0. The molecule has 2 rings (SSSR count). The molecule has 17 heavy (non-hydrogen) atoms. The number of nitrogens with zero attached hydrogens (tertiary/aromatic N) is 2. The van der Waals surface area contributed by atoms with E-state index >= 15 is 0 Å². The number of hydrogen-bond acceptors (Lipinski definition) is 2. The topological polar surface area (TPSA) is 43.8 Å². The molecule has 1 unspecified atom stereocenters. The minimum Gasteiger partial charge on any atom is -0.333 e. The van der Waals surface area contributed by atoms with Crippen molar-refractivity contribution in [3.05, 3.63) is 53.1 Å². The zero-order valence-corrected chi connectivity index (χ0v) is 10.6. The van der Waals surface area contributed by atoms with E-state index in [9.17, 15) is 0 Å². The van der Waals surface area contributed by atoms with Crippen molar-refractivity contribution >= 4 is 11.6 Å². The highest BCUT2D eigenvalue weighted by molar-refractivity contribution is 6.30. The third-order valence-corrected chi connectivity index (χ3v) is 3.01. The smallest absolute Gasteiger partial charge is 0.0948 e. The van der Waals surface area contributed by atoms with Crippen LogP contribution in [0.25, 0.3) is 0 Å². The summed E-state index contributed by atoms with van der Waals surface area (Å²) in [4.78, 5) is 4.16. The van der Waals surface area contributed by atoms with E-state index in [1.807, 2.05) is 36.8 Å². The van der Waals surface area contributed by atoms with E-state index in [0.29, 0.717) is 0 Å². The van der Waals surface area contributed by atoms with Crippen LogP contribution in [0.2, 0.25) is 5.02 Å². The molecule has 0 aliphatic carbocycles. The summed E-state index contributed by atoms with van der Waals surface area (Å²) in [5, 5.41) is 0.725. The molecule has 0 bridgehead atoms. The number of halogens is 1. The third kappa shape index (κ3) is 2.68. The number of hydrogen-bond donors (Lipinski definition) is 1. The van der Waals surface area contributed by atoms with Gasteiger partial charge >= 0.3 is 0 Å². The quantitative estimate of drug-likeness (QED) is 0.905. The Hall–Kier alpha value is -1.32. The minimum absolute atomic E-state index is 0.152. The molecule has 0 spiro atoms. The summed E-state index contributed by atoms with van der Waals surface area (Å²) in [6, 6.07) is 7.47. The number of benzene rings is 1. The molecule has 1 aromatic heterocycles. The molecule has 1 heterocycles. The molecule has 4 heteroatoms. The van der Waals surface area contributed by atoms with E-state index in [2.05, 4.69) is 16.5 Å². The van der Waals surface area contributed by atoms with Gasteiger partial charge in [0, 0.05) is 11.6 Å². The Balaban J connectivity index is 2.26. The standard InChI is InChI=1S/C13H16ClN3/c1-2-7-17-9-16-8-12(17)13(15)10-3-5-11(14)6-4-10/h3-6,8-9,13H,2,7,15H2,1H3. The summed E-state index contributed by atoms with van der Waals surface area (Å²) in [6.07, 6.45) is 4.72. The van der Waals surface area contributed by atoms with E-state index in [-0.39, 0.29) is 6.04 Å². The Morgan fingerprint density at radius 2 is 2.06 bits per heavy atom. The first kappa shape index (κ1) is 12.1. The van der Waals surface area contributed by atoms with Gasteiger partial charge in [-0.25, -0.2) is 4.98 Å². The normalized spacial score (nSPS) is 12.6. The average molecular weight is 250 g/mol. The van der Waals surface area contributed by atoms with Crippen molar-refractivity contribution in [3.8, 4) is 0 Å². The highest BCUT2D eigenvalue weighted by Crippen LogP contribution is 2.21. The zero-order chi connectivity index (χ0) is 12.3. The van der Waals surface area contributed by atoms with Crippen molar-refractivity contribution < 1.29 is 0 Å². The van der Waals surface area contributed by atoms with Gasteiger partial charge in [0.15, 0.2) is 0 Å². The number of aryl methyl sites for hydroxylation is 1. The van der Waals surface area contributed by atoms with Crippen molar-refractivity contribution in [2.75, 3.05) is 0 Å². The van der Waals surface area contributed by atoms with Crippen LogP contribution in [0, 0.1) is 0 Å². The second-order valence-corrected chi connectivity index (χ2v) is 4.48. The molecule has 2 aromatic rings. The Morgan fingerprint density at radius 1 is 1.35 bits per heavy atom. The van der Waals surface area contributed by atoms with Crippen LogP contribution in [0.5, 0.6) is 0 Å². The maximum Gasteiger partial charge on any atom is 0.0948 e. The predicted octanol–water partition coefficient (Wildman–Crippen LogP) is 2.99. The maximum atomic E-state index is 6.24. The molecule has 0 saturated heterocycles. The summed E-state index contributed by atoms with van der Waals surface area (Å²) in [7, 11) is 0. The maximum absolute atomic E-state index is 6.24. The first-order chi connectivity index (χ1) is 8.22. The van der Waals surface area contributed by atoms with Gasteiger partial charge in [-0.2, -0.15) is 0 Å². The first-order valence-corrected chi connectivity index (χ1v) is 6.11. The Labute approximate surface area is 106 Å². The van der Waals surface area contributed by atoms with Crippen molar-refractivity contribution in [1.29, 1.82) is 0 Å². The lowest BCUT2D eigenvalue weighted by Crippen LogP contribution is -2.16. The highest BCUT2D eigenvalue weighted by atomic mass is 35.5. The van der Waals surface area contributed by atoms with E-state index in [4.69, 9.17) is 17.3 Å². The summed E-state index contributed by atoms with van der Waals surface area (Å²) >= 11 is 5.86. The predicted molar refractivity (Wildman–Crippen MR) is 70.0 cm³/mol. The molecular weight excluding hydrogens is 234 g/mol. The summed E-state index contributed by atoms with van der Waals surface area (Å²) < 4.78 is 2.10. The van der Waals surface area contributed by atoms with Gasteiger partial charge < -0.3 is 10.3 Å². The fourth-order valence-corrected chi connectivity index (χ4v) is 1.98. The molecule has 3 nitrogen and oxygen atoms in total. The lowest BCUT2D eigenvalue weighted by Gasteiger charge is -2.14. The van der Waals surface area contributed by atoms with Crippen molar-refractivity contribution in [3.63, 3.8) is 0 Å². The van der Waals surface area contributed by atoms with Crippen molar-refractivity contribution in [2.45, 2.75) is 25.9 Å². The van der Waals surface area contributed by atoms with Gasteiger partial charge in [-0.05, 0) is 24.1 Å². The van der Waals surface area contributed by atoms with Crippen LogP contribution >= 0.6 is 11.6 Å². The molecule has 0 radical (unpaired) electrons. The monoisotopic (exact) mass is 249 g/mol. The molecule has 0 amide bonds. The lowest BCUT2D eigenvalue weighted by atomic mass is 10.1. The van der Waals surface area contributed by atoms with Crippen LogP contribution in [0.1, 0.15) is 30.6 Å². The SMILES string of the molecule is CCCn1cncc1C(N)c1ccc(Cl)cc1. The number of rotatable bonds is 4. The van der Waals surface area contributed by atoms with Crippen LogP contribution in [0.15, 0.2) is 36.8 Å². The van der Waals surface area contributed by atoms with Gasteiger partial charge in [0.2, 0.25) is 0 Å². The van der Waals surface area contributed by atoms with Crippen LogP contribution < -0.4 is 5.73 Å². The largest absolute Gasteiger partial charge is 0.333 e. The summed E-state index contributed by atoms with van der Waals surface area (Å²) in [5.41, 5.74) is 8.32. The van der Waals surface area contributed by atoms with Crippen LogP contribution in [0.3, 0.4) is 0 Å². The molecule has 90 valence electrons. The fraction of sp³-hybridized carbons (Fsp3) is 0.308. The van der Waals surface area contributed by atoms with Crippen LogP contribution in [-0.2, 0) is 6.54 Å². The first-order valence-electron chi connectivity index (χ1n) is 5.73. The van der Waals surface area contributed by atoms with Gasteiger partial charge in [0.05, 0.1) is 24.3 Å². The van der Waals surface area contributed by atoms with Crippen LogP contribution in [0.4, 0.5) is 0 Å². The van der Waals surface area contributed by atoms with Gasteiger partial charge in [-0.3, -0.25) is 0 Å². The minimum atomic E-state index is -0.152. The molecule has 1 aromatic carbocycles. The Kier molecular flexibility index (Phi) is 3.82.